The molecule has 0 aromatic carbocycles. The van der Waals surface area contributed by atoms with E-state index in [9.17, 15) is 4.79 Å². The molecule has 5 nitrogen and oxygen atoms in total. The summed E-state index contributed by atoms with van der Waals surface area (Å²) in [5, 5.41) is 0. The Morgan fingerprint density at radius 3 is 1.45 bits per heavy atom. The van der Waals surface area contributed by atoms with Crippen molar-refractivity contribution in [2.75, 3.05) is 54.5 Å². The number of carbonyl (C=O) groups is 1. The van der Waals surface area contributed by atoms with Gasteiger partial charge in [0.15, 0.2) is 0 Å². The van der Waals surface area contributed by atoms with Crippen molar-refractivity contribution in [3.8, 4) is 0 Å². The molecular formula is C15H32N2O3. The summed E-state index contributed by atoms with van der Waals surface area (Å²) in [6.45, 7) is 3.09. The maximum Gasteiger partial charge on any atom is 0.508 e. The maximum atomic E-state index is 11.3. The summed E-state index contributed by atoms with van der Waals surface area (Å²) in [4.78, 5) is 15.6. The highest BCUT2D eigenvalue weighted by atomic mass is 16.7. The number of ether oxygens (including phenoxy) is 2. The zero-order valence-electron chi connectivity index (χ0n) is 13.7. The second-order valence-corrected chi connectivity index (χ2v) is 5.67. The summed E-state index contributed by atoms with van der Waals surface area (Å²) < 4.78 is 10.0. The van der Waals surface area contributed by atoms with Gasteiger partial charge < -0.3 is 19.3 Å². The van der Waals surface area contributed by atoms with Crippen molar-refractivity contribution in [1.29, 1.82) is 0 Å². The molecule has 0 aliphatic carbocycles. The second kappa shape index (κ2) is 13.2. The third-order valence-electron chi connectivity index (χ3n) is 2.94. The molecule has 0 N–H and O–H groups in total. The van der Waals surface area contributed by atoms with E-state index in [4.69, 9.17) is 9.47 Å². The number of carbonyl (C=O) groups excluding carboxylic acids is 1. The van der Waals surface area contributed by atoms with Crippen LogP contribution in [-0.2, 0) is 9.47 Å². The van der Waals surface area contributed by atoms with Crippen molar-refractivity contribution in [1.82, 2.24) is 9.80 Å². The zero-order valence-corrected chi connectivity index (χ0v) is 13.7. The Bertz CT molecular complexity index is 211. The number of nitrogens with zero attached hydrogens (tertiary/aromatic N) is 2. The van der Waals surface area contributed by atoms with Crippen LogP contribution in [0, 0.1) is 0 Å². The van der Waals surface area contributed by atoms with Gasteiger partial charge in [0.1, 0.15) is 0 Å². The van der Waals surface area contributed by atoms with E-state index in [0.29, 0.717) is 13.2 Å². The van der Waals surface area contributed by atoms with E-state index in [1.54, 1.807) is 0 Å². The van der Waals surface area contributed by atoms with Crippen LogP contribution in [0.2, 0.25) is 0 Å². The van der Waals surface area contributed by atoms with E-state index in [2.05, 4.69) is 38.0 Å². The van der Waals surface area contributed by atoms with Gasteiger partial charge in [-0.15, -0.1) is 0 Å². The number of hydrogen-bond donors (Lipinski definition) is 0. The SMILES string of the molecule is CN(C)CCCCCOC(=O)OCCCCCN(C)C. The Kier molecular flexibility index (Phi) is 12.7. The van der Waals surface area contributed by atoms with Gasteiger partial charge in [-0.3, -0.25) is 0 Å². The molecule has 0 amide bonds. The van der Waals surface area contributed by atoms with E-state index in [-0.39, 0.29) is 0 Å². The summed E-state index contributed by atoms with van der Waals surface area (Å²) in [7, 11) is 8.25. The Morgan fingerprint density at radius 2 is 1.10 bits per heavy atom. The Labute approximate surface area is 124 Å². The standard InChI is InChI=1S/C15H32N2O3/c1-16(2)11-7-5-9-13-19-15(18)20-14-10-6-8-12-17(3)4/h5-14H2,1-4H3. The molecule has 0 rings (SSSR count). The summed E-state index contributed by atoms with van der Waals surface area (Å²) >= 11 is 0. The predicted molar refractivity (Wildman–Crippen MR) is 82.1 cm³/mol. The monoisotopic (exact) mass is 288 g/mol. The van der Waals surface area contributed by atoms with Crippen molar-refractivity contribution < 1.29 is 14.3 Å². The molecule has 0 unspecified atom stereocenters. The predicted octanol–water partition coefficient (Wildman–Crippen LogP) is 2.60. The highest BCUT2D eigenvalue weighted by Crippen LogP contribution is 2.00. The first-order valence-corrected chi connectivity index (χ1v) is 7.61. The molecule has 0 spiro atoms. The summed E-state index contributed by atoms with van der Waals surface area (Å²) in [6, 6.07) is 0. The van der Waals surface area contributed by atoms with Crippen LogP contribution in [0.3, 0.4) is 0 Å². The third-order valence-corrected chi connectivity index (χ3v) is 2.94. The van der Waals surface area contributed by atoms with Gasteiger partial charge >= 0.3 is 6.16 Å². The normalized spacial score (nSPS) is 11.1. The number of hydrogen-bond acceptors (Lipinski definition) is 5. The molecule has 5 heteroatoms. The van der Waals surface area contributed by atoms with Crippen molar-refractivity contribution in [2.45, 2.75) is 38.5 Å². The second-order valence-electron chi connectivity index (χ2n) is 5.67. The lowest BCUT2D eigenvalue weighted by Gasteiger charge is -2.10. The van der Waals surface area contributed by atoms with Gasteiger partial charge in [-0.05, 0) is 79.8 Å². The lowest BCUT2D eigenvalue weighted by Crippen LogP contribution is -2.14. The first-order valence-electron chi connectivity index (χ1n) is 7.61. The van der Waals surface area contributed by atoms with Gasteiger partial charge in [0, 0.05) is 0 Å². The fraction of sp³-hybridized carbons (Fsp3) is 0.933. The average Bonchev–Trinajstić information content (AvgIpc) is 2.37. The van der Waals surface area contributed by atoms with Crippen molar-refractivity contribution in [3.05, 3.63) is 0 Å². The summed E-state index contributed by atoms with van der Waals surface area (Å²) in [5.41, 5.74) is 0. The molecule has 0 fully saturated rings. The molecule has 0 bridgehead atoms. The van der Waals surface area contributed by atoms with Gasteiger partial charge in [-0.25, -0.2) is 4.79 Å². The largest absolute Gasteiger partial charge is 0.508 e. The molecule has 0 saturated heterocycles. The molecule has 0 aromatic heterocycles. The summed E-state index contributed by atoms with van der Waals surface area (Å²) in [6.07, 6.45) is 5.73. The van der Waals surface area contributed by atoms with Gasteiger partial charge in [-0.1, -0.05) is 0 Å². The van der Waals surface area contributed by atoms with E-state index < -0.39 is 6.16 Å². The first kappa shape index (κ1) is 19.2. The molecule has 0 aromatic rings. The average molecular weight is 288 g/mol. The minimum Gasteiger partial charge on any atom is -0.434 e. The fourth-order valence-corrected chi connectivity index (χ4v) is 1.77. The molecule has 120 valence electrons. The van der Waals surface area contributed by atoms with Crippen LogP contribution in [0.15, 0.2) is 0 Å². The molecular weight excluding hydrogens is 256 g/mol. The molecule has 0 heterocycles. The Morgan fingerprint density at radius 1 is 0.700 bits per heavy atom. The van der Waals surface area contributed by atoms with E-state index in [1.165, 1.54) is 0 Å². The Hall–Kier alpha value is -0.810. The smallest absolute Gasteiger partial charge is 0.434 e. The van der Waals surface area contributed by atoms with Crippen LogP contribution < -0.4 is 0 Å². The van der Waals surface area contributed by atoms with Crippen LogP contribution in [0.1, 0.15) is 38.5 Å². The summed E-state index contributed by atoms with van der Waals surface area (Å²) in [5.74, 6) is 0. The topological polar surface area (TPSA) is 42.0 Å². The maximum absolute atomic E-state index is 11.3. The lowest BCUT2D eigenvalue weighted by atomic mass is 10.2. The van der Waals surface area contributed by atoms with E-state index >= 15 is 0 Å². The van der Waals surface area contributed by atoms with E-state index in [0.717, 1.165) is 51.6 Å². The quantitative estimate of drug-likeness (QED) is 0.408. The molecule has 0 aliphatic heterocycles. The van der Waals surface area contributed by atoms with Crippen LogP contribution in [0.5, 0.6) is 0 Å². The molecule has 0 radical (unpaired) electrons. The van der Waals surface area contributed by atoms with Crippen LogP contribution in [0.25, 0.3) is 0 Å². The van der Waals surface area contributed by atoms with E-state index in [1.807, 2.05) is 0 Å². The van der Waals surface area contributed by atoms with Gasteiger partial charge in [0.2, 0.25) is 0 Å². The van der Waals surface area contributed by atoms with Crippen molar-refractivity contribution in [2.24, 2.45) is 0 Å². The van der Waals surface area contributed by atoms with Gasteiger partial charge in [-0.2, -0.15) is 0 Å². The van der Waals surface area contributed by atoms with Gasteiger partial charge in [0.05, 0.1) is 13.2 Å². The lowest BCUT2D eigenvalue weighted by molar-refractivity contribution is 0.0527. The van der Waals surface area contributed by atoms with Crippen LogP contribution >= 0.6 is 0 Å². The highest BCUT2D eigenvalue weighted by molar-refractivity contribution is 5.59. The molecule has 0 atom stereocenters. The fourth-order valence-electron chi connectivity index (χ4n) is 1.77. The molecule has 20 heavy (non-hydrogen) atoms. The number of unbranched alkanes of at least 4 members (excludes halogenated alkanes) is 4. The van der Waals surface area contributed by atoms with Gasteiger partial charge in [0.25, 0.3) is 0 Å². The first-order chi connectivity index (χ1) is 9.52. The molecule has 0 saturated carbocycles. The van der Waals surface area contributed by atoms with Crippen LogP contribution in [0.4, 0.5) is 4.79 Å². The van der Waals surface area contributed by atoms with Crippen molar-refractivity contribution >= 4 is 6.16 Å². The van der Waals surface area contributed by atoms with Crippen LogP contribution in [-0.4, -0.2) is 70.4 Å². The third kappa shape index (κ3) is 15.2. The highest BCUT2D eigenvalue weighted by Gasteiger charge is 2.03. The molecule has 0 aliphatic rings. The minimum absolute atomic E-state index is 0.465. The zero-order chi connectivity index (χ0) is 15.2. The minimum atomic E-state index is -0.523. The van der Waals surface area contributed by atoms with Crippen molar-refractivity contribution in [3.63, 3.8) is 0 Å². The number of rotatable bonds is 12. The Balaban J connectivity index is 3.21.